The third-order valence-corrected chi connectivity index (χ3v) is 2.08. The molecule has 0 rings (SSSR count). The monoisotopic (exact) mass is 181 g/mol. The minimum Gasteiger partial charge on any atom is -0.367 e. The van der Waals surface area contributed by atoms with E-state index >= 15 is 0 Å². The van der Waals surface area contributed by atoms with Crippen molar-refractivity contribution in [1.82, 2.24) is 0 Å². The van der Waals surface area contributed by atoms with Crippen LogP contribution in [0.1, 0.15) is 26.2 Å². The van der Waals surface area contributed by atoms with Crippen molar-refractivity contribution in [2.75, 3.05) is 6.61 Å². The Kier molecular flexibility index (Phi) is 5.65. The van der Waals surface area contributed by atoms with Crippen LogP contribution in [0.25, 0.3) is 0 Å². The Bertz CT molecular complexity index is 100. The molecular formula is C5H15NO4Si. The van der Waals surface area contributed by atoms with Crippen molar-refractivity contribution < 1.29 is 18.5 Å². The molecule has 0 aromatic heterocycles. The summed E-state index contributed by atoms with van der Waals surface area (Å²) >= 11 is 0. The summed E-state index contributed by atoms with van der Waals surface area (Å²) in [5.74, 6) is 4.56. The Morgan fingerprint density at radius 3 is 2.45 bits per heavy atom. The second kappa shape index (κ2) is 5.64. The predicted octanol–water partition coefficient (Wildman–Crippen LogP) is -0.496. The van der Waals surface area contributed by atoms with Crippen LogP contribution in [0.3, 0.4) is 0 Å². The van der Waals surface area contributed by atoms with Gasteiger partial charge in [-0.1, -0.05) is 19.8 Å². The van der Waals surface area contributed by atoms with Crippen molar-refractivity contribution in [2.24, 2.45) is 5.90 Å². The highest BCUT2D eigenvalue weighted by atomic mass is 28.4. The first-order valence-electron chi connectivity index (χ1n) is 3.59. The number of hydrogen-bond acceptors (Lipinski definition) is 5. The molecule has 68 valence electrons. The molecule has 0 spiro atoms. The first-order chi connectivity index (χ1) is 5.12. The molecule has 0 aromatic rings. The Labute approximate surface area is 67.2 Å². The molecule has 0 amide bonds. The van der Waals surface area contributed by atoms with E-state index in [2.05, 4.69) is 14.8 Å². The van der Waals surface area contributed by atoms with Gasteiger partial charge in [-0.15, -0.1) is 0 Å². The molecule has 0 aliphatic rings. The van der Waals surface area contributed by atoms with E-state index in [0.29, 0.717) is 0 Å². The summed E-state index contributed by atoms with van der Waals surface area (Å²) in [4.78, 5) is 17.5. The van der Waals surface area contributed by atoms with Gasteiger partial charge in [-0.05, 0) is 6.42 Å². The fraction of sp³-hybridized carbons (Fsp3) is 1.00. The molecule has 6 heteroatoms. The normalized spacial score (nSPS) is 12.0. The van der Waals surface area contributed by atoms with E-state index in [4.69, 9.17) is 9.59 Å². The zero-order chi connectivity index (χ0) is 8.74. The average Bonchev–Trinajstić information content (AvgIpc) is 1.99. The van der Waals surface area contributed by atoms with E-state index in [9.17, 15) is 0 Å². The summed E-state index contributed by atoms with van der Waals surface area (Å²) in [6.07, 6.45) is 2.84. The zero-order valence-electron chi connectivity index (χ0n) is 6.62. The largest absolute Gasteiger partial charge is 0.691 e. The number of nitrogens with two attached hydrogens (primary N) is 1. The lowest BCUT2D eigenvalue weighted by molar-refractivity contribution is 0.0225. The molecule has 0 bridgehead atoms. The fourth-order valence-electron chi connectivity index (χ4n) is 0.591. The van der Waals surface area contributed by atoms with Crippen molar-refractivity contribution in [2.45, 2.75) is 26.2 Å². The SMILES string of the molecule is CCCCCO[Si](O)(O)ON. The van der Waals surface area contributed by atoms with Gasteiger partial charge in [0.05, 0.1) is 0 Å². The van der Waals surface area contributed by atoms with Crippen LogP contribution in [0.2, 0.25) is 0 Å². The van der Waals surface area contributed by atoms with Crippen molar-refractivity contribution in [3.63, 3.8) is 0 Å². The molecule has 0 aromatic carbocycles. The van der Waals surface area contributed by atoms with Crippen LogP contribution in [0.4, 0.5) is 0 Å². The molecule has 11 heavy (non-hydrogen) atoms. The minimum atomic E-state index is -3.95. The summed E-state index contributed by atoms with van der Waals surface area (Å²) in [6, 6.07) is 0. The smallest absolute Gasteiger partial charge is 0.367 e. The number of hydrogen-bond donors (Lipinski definition) is 3. The van der Waals surface area contributed by atoms with E-state index in [0.717, 1.165) is 19.3 Å². The van der Waals surface area contributed by atoms with Crippen LogP contribution in [0.5, 0.6) is 0 Å². The topological polar surface area (TPSA) is 84.9 Å². The second-order valence-corrected chi connectivity index (χ2v) is 3.84. The molecular weight excluding hydrogens is 166 g/mol. The van der Waals surface area contributed by atoms with Gasteiger partial charge in [-0.25, -0.2) is 5.90 Å². The van der Waals surface area contributed by atoms with Crippen LogP contribution < -0.4 is 5.90 Å². The van der Waals surface area contributed by atoms with Gasteiger partial charge in [-0.2, -0.15) is 0 Å². The fourth-order valence-corrected chi connectivity index (χ4v) is 1.07. The van der Waals surface area contributed by atoms with Gasteiger partial charge >= 0.3 is 9.05 Å². The lowest BCUT2D eigenvalue weighted by Gasteiger charge is -2.12. The summed E-state index contributed by atoms with van der Waals surface area (Å²) in [5.41, 5.74) is 0. The van der Waals surface area contributed by atoms with Gasteiger partial charge in [0.15, 0.2) is 0 Å². The lowest BCUT2D eigenvalue weighted by atomic mass is 10.3. The highest BCUT2D eigenvalue weighted by Gasteiger charge is 2.35. The molecule has 0 radical (unpaired) electrons. The lowest BCUT2D eigenvalue weighted by Crippen LogP contribution is -2.45. The zero-order valence-corrected chi connectivity index (χ0v) is 7.62. The predicted molar refractivity (Wildman–Crippen MR) is 40.9 cm³/mol. The summed E-state index contributed by atoms with van der Waals surface area (Å²) in [7, 11) is -3.95. The maximum absolute atomic E-state index is 8.75. The molecule has 0 unspecified atom stereocenters. The summed E-state index contributed by atoms with van der Waals surface area (Å²) in [5, 5.41) is 0. The summed E-state index contributed by atoms with van der Waals surface area (Å²) in [6.45, 7) is 2.33. The van der Waals surface area contributed by atoms with Crippen LogP contribution in [-0.2, 0) is 8.95 Å². The summed E-state index contributed by atoms with van der Waals surface area (Å²) < 4.78 is 8.43. The Balaban J connectivity index is 3.23. The van der Waals surface area contributed by atoms with Crippen molar-refractivity contribution in [3.05, 3.63) is 0 Å². The first-order valence-corrected chi connectivity index (χ1v) is 5.30. The Hall–Kier alpha value is 0.0169. The van der Waals surface area contributed by atoms with E-state index in [-0.39, 0.29) is 6.61 Å². The first kappa shape index (κ1) is 11.0. The Morgan fingerprint density at radius 2 is 2.00 bits per heavy atom. The van der Waals surface area contributed by atoms with Crippen molar-refractivity contribution in [3.8, 4) is 0 Å². The van der Waals surface area contributed by atoms with Crippen molar-refractivity contribution >= 4 is 9.05 Å². The number of rotatable bonds is 6. The van der Waals surface area contributed by atoms with E-state index in [1.165, 1.54) is 0 Å². The van der Waals surface area contributed by atoms with Gasteiger partial charge in [0, 0.05) is 6.61 Å². The maximum atomic E-state index is 8.75. The molecule has 0 aliphatic carbocycles. The molecule has 0 heterocycles. The third kappa shape index (κ3) is 6.42. The maximum Gasteiger partial charge on any atom is 0.691 e. The van der Waals surface area contributed by atoms with E-state index in [1.807, 2.05) is 6.92 Å². The molecule has 0 saturated heterocycles. The highest BCUT2D eigenvalue weighted by Crippen LogP contribution is 1.99. The quantitative estimate of drug-likeness (QED) is 0.292. The van der Waals surface area contributed by atoms with Crippen LogP contribution in [-0.4, -0.2) is 25.2 Å². The van der Waals surface area contributed by atoms with E-state index < -0.39 is 9.05 Å². The van der Waals surface area contributed by atoms with Gasteiger partial charge in [0.25, 0.3) is 0 Å². The van der Waals surface area contributed by atoms with Crippen LogP contribution >= 0.6 is 0 Å². The van der Waals surface area contributed by atoms with Gasteiger partial charge in [-0.3, -0.25) is 4.53 Å². The average molecular weight is 181 g/mol. The van der Waals surface area contributed by atoms with Crippen molar-refractivity contribution in [1.29, 1.82) is 0 Å². The van der Waals surface area contributed by atoms with E-state index in [1.54, 1.807) is 0 Å². The molecule has 5 nitrogen and oxygen atoms in total. The van der Waals surface area contributed by atoms with Gasteiger partial charge in [0.1, 0.15) is 0 Å². The highest BCUT2D eigenvalue weighted by molar-refractivity contribution is 6.50. The molecule has 0 atom stereocenters. The second-order valence-electron chi connectivity index (χ2n) is 2.22. The molecule has 4 N–H and O–H groups in total. The minimum absolute atomic E-state index is 0.282. The standard InChI is InChI=1S/C5H15NO4Si/c1-2-3-4-5-9-11(7,8)10-6/h7-8H,2-6H2,1H3. The van der Waals surface area contributed by atoms with Crippen LogP contribution in [0.15, 0.2) is 0 Å². The van der Waals surface area contributed by atoms with Gasteiger partial charge < -0.3 is 14.0 Å². The third-order valence-electron chi connectivity index (χ3n) is 1.19. The number of unbranched alkanes of at least 4 members (excludes halogenated alkanes) is 2. The molecule has 0 fully saturated rings. The van der Waals surface area contributed by atoms with Gasteiger partial charge in [0.2, 0.25) is 0 Å². The molecule has 0 saturated carbocycles. The van der Waals surface area contributed by atoms with Crippen LogP contribution in [0, 0.1) is 0 Å². The molecule has 0 aliphatic heterocycles. The Morgan fingerprint density at radius 1 is 1.36 bits per heavy atom.